The highest BCUT2D eigenvalue weighted by atomic mass is 16.5. The molecule has 0 spiro atoms. The number of carbonyl (C=O) groups excluding carboxylic acids is 1. The monoisotopic (exact) mass is 376 g/mol. The van der Waals surface area contributed by atoms with Gasteiger partial charge in [-0.3, -0.25) is 4.79 Å². The Morgan fingerprint density at radius 3 is 2.57 bits per heavy atom. The van der Waals surface area contributed by atoms with Crippen LogP contribution in [0.2, 0.25) is 0 Å². The Morgan fingerprint density at radius 1 is 1.14 bits per heavy atom. The van der Waals surface area contributed by atoms with E-state index in [1.807, 2.05) is 44.2 Å². The molecule has 2 fully saturated rings. The summed E-state index contributed by atoms with van der Waals surface area (Å²) in [5.74, 6) is -0.0710. The predicted molar refractivity (Wildman–Crippen MR) is 107 cm³/mol. The van der Waals surface area contributed by atoms with Crippen molar-refractivity contribution in [1.82, 2.24) is 20.8 Å². The minimum absolute atomic E-state index is 0.0710. The molecule has 2 aromatic heterocycles. The van der Waals surface area contributed by atoms with Gasteiger partial charge in [0.1, 0.15) is 0 Å². The molecule has 0 aliphatic carbocycles. The van der Waals surface area contributed by atoms with E-state index in [0.29, 0.717) is 34.4 Å². The fraction of sp³-hybridized carbons (Fsp3) is 0.409. The number of amides is 1. The van der Waals surface area contributed by atoms with Crippen molar-refractivity contribution in [3.63, 3.8) is 0 Å². The Kier molecular flexibility index (Phi) is 4.16. The highest BCUT2D eigenvalue weighted by Crippen LogP contribution is 2.29. The van der Waals surface area contributed by atoms with Crippen LogP contribution in [0.25, 0.3) is 22.4 Å². The van der Waals surface area contributed by atoms with Crippen LogP contribution in [-0.2, 0) is 0 Å². The number of carbonyl (C=O) groups is 1. The molecule has 1 aromatic carbocycles. The maximum absolute atomic E-state index is 13.2. The lowest BCUT2D eigenvalue weighted by molar-refractivity contribution is 0.0925. The fourth-order valence-electron chi connectivity index (χ4n) is 4.58. The summed E-state index contributed by atoms with van der Waals surface area (Å²) in [7, 11) is 0. The average Bonchev–Trinajstić information content (AvgIpc) is 3.23. The average molecular weight is 376 g/mol. The van der Waals surface area contributed by atoms with Gasteiger partial charge in [0.25, 0.3) is 11.6 Å². The van der Waals surface area contributed by atoms with Gasteiger partial charge < -0.3 is 15.2 Å². The van der Waals surface area contributed by atoms with Crippen LogP contribution >= 0.6 is 0 Å². The van der Waals surface area contributed by atoms with Crippen molar-refractivity contribution in [2.75, 3.05) is 0 Å². The zero-order valence-electron chi connectivity index (χ0n) is 16.2. The number of nitrogens with zero attached hydrogens (tertiary/aromatic N) is 2. The third kappa shape index (κ3) is 3.07. The maximum atomic E-state index is 13.2. The summed E-state index contributed by atoms with van der Waals surface area (Å²) in [5.41, 5.74) is 4.54. The van der Waals surface area contributed by atoms with E-state index < -0.39 is 0 Å². The van der Waals surface area contributed by atoms with Gasteiger partial charge in [-0.2, -0.15) is 0 Å². The normalized spacial score (nSPS) is 23.9. The summed E-state index contributed by atoms with van der Waals surface area (Å²) >= 11 is 0. The number of fused-ring (bicyclic) bond motifs is 3. The van der Waals surface area contributed by atoms with Gasteiger partial charge in [-0.05, 0) is 45.6 Å². The van der Waals surface area contributed by atoms with Crippen molar-refractivity contribution in [2.24, 2.45) is 0 Å². The molecular weight excluding hydrogens is 352 g/mol. The predicted octanol–water partition coefficient (Wildman–Crippen LogP) is 3.52. The molecule has 2 aliphatic rings. The lowest BCUT2D eigenvalue weighted by Crippen LogP contribution is -2.48. The van der Waals surface area contributed by atoms with Gasteiger partial charge in [0.05, 0.1) is 22.3 Å². The van der Waals surface area contributed by atoms with Gasteiger partial charge in [-0.15, -0.1) is 0 Å². The Balaban J connectivity index is 1.50. The first-order valence-electron chi connectivity index (χ1n) is 9.98. The third-order valence-corrected chi connectivity index (χ3v) is 6.02. The first kappa shape index (κ1) is 17.4. The molecule has 5 rings (SSSR count). The van der Waals surface area contributed by atoms with Gasteiger partial charge in [-0.1, -0.05) is 35.0 Å². The molecule has 0 radical (unpaired) electrons. The molecule has 6 heteroatoms. The van der Waals surface area contributed by atoms with E-state index in [2.05, 4.69) is 20.8 Å². The molecule has 2 N–H and O–H groups in total. The first-order valence-corrected chi connectivity index (χ1v) is 9.98. The second kappa shape index (κ2) is 6.71. The highest BCUT2D eigenvalue weighted by Gasteiger charge is 2.34. The number of aryl methyl sites for hydroxylation is 2. The Labute approximate surface area is 163 Å². The second-order valence-corrected chi connectivity index (χ2v) is 8.15. The molecule has 2 aliphatic heterocycles. The zero-order valence-corrected chi connectivity index (χ0v) is 16.2. The minimum atomic E-state index is -0.0710. The number of rotatable bonds is 3. The van der Waals surface area contributed by atoms with Crippen LogP contribution in [0.1, 0.15) is 47.3 Å². The van der Waals surface area contributed by atoms with E-state index in [-0.39, 0.29) is 11.9 Å². The molecular formula is C22H24N4O2. The summed E-state index contributed by atoms with van der Waals surface area (Å²) < 4.78 is 5.41. The van der Waals surface area contributed by atoms with Gasteiger partial charge in [0.2, 0.25) is 0 Å². The number of hydrogen-bond acceptors (Lipinski definition) is 5. The van der Waals surface area contributed by atoms with Gasteiger partial charge in [-0.25, -0.2) is 4.98 Å². The molecule has 2 bridgehead atoms. The topological polar surface area (TPSA) is 80.0 Å². The number of piperidine rings is 1. The van der Waals surface area contributed by atoms with Crippen LogP contribution in [0.5, 0.6) is 0 Å². The van der Waals surface area contributed by atoms with Crippen molar-refractivity contribution in [1.29, 1.82) is 0 Å². The van der Waals surface area contributed by atoms with Crippen molar-refractivity contribution < 1.29 is 9.32 Å². The van der Waals surface area contributed by atoms with Gasteiger partial charge in [0, 0.05) is 23.7 Å². The molecule has 1 amide bonds. The summed E-state index contributed by atoms with van der Waals surface area (Å²) in [4.78, 5) is 17.8. The molecule has 144 valence electrons. The number of benzene rings is 1. The molecule has 0 saturated carbocycles. The van der Waals surface area contributed by atoms with E-state index in [0.717, 1.165) is 24.1 Å². The van der Waals surface area contributed by atoms with E-state index in [1.54, 1.807) is 0 Å². The Morgan fingerprint density at radius 2 is 1.86 bits per heavy atom. The fourth-order valence-corrected chi connectivity index (χ4v) is 4.58. The van der Waals surface area contributed by atoms with E-state index in [4.69, 9.17) is 4.52 Å². The Hall–Kier alpha value is -2.73. The van der Waals surface area contributed by atoms with Crippen molar-refractivity contribution in [2.45, 2.75) is 57.7 Å². The van der Waals surface area contributed by atoms with Crippen molar-refractivity contribution in [3.8, 4) is 11.3 Å². The maximum Gasteiger partial charge on any atom is 0.259 e. The van der Waals surface area contributed by atoms with Crippen molar-refractivity contribution in [3.05, 3.63) is 47.2 Å². The zero-order chi connectivity index (χ0) is 19.3. The summed E-state index contributed by atoms with van der Waals surface area (Å²) in [6.07, 6.45) is 4.39. The molecule has 3 aromatic rings. The largest absolute Gasteiger partial charge is 0.349 e. The lowest BCUT2D eigenvalue weighted by Gasteiger charge is -2.29. The van der Waals surface area contributed by atoms with Crippen LogP contribution in [0.15, 0.2) is 34.9 Å². The van der Waals surface area contributed by atoms with Crippen LogP contribution in [0.4, 0.5) is 0 Å². The first-order chi connectivity index (χ1) is 13.6. The molecule has 2 atom stereocenters. The smallest absolute Gasteiger partial charge is 0.259 e. The summed E-state index contributed by atoms with van der Waals surface area (Å²) in [6.45, 7) is 3.89. The highest BCUT2D eigenvalue weighted by molar-refractivity contribution is 6.07. The standard InChI is InChI=1S/C22H24N4O2/c1-12-3-5-14(6-4-12)19-11-18(20-13(2)26-28-22(20)25-19)21(27)24-17-9-15-7-8-16(10-17)23-15/h3-6,11,15-17,23H,7-10H2,1-2H3,(H,24,27). The van der Waals surface area contributed by atoms with Crippen LogP contribution in [-0.4, -0.2) is 34.2 Å². The number of hydrogen-bond donors (Lipinski definition) is 2. The summed E-state index contributed by atoms with van der Waals surface area (Å²) in [5, 5.41) is 11.6. The SMILES string of the molecule is Cc1ccc(-c2cc(C(=O)NC3CC4CCC(C3)N4)c3c(C)noc3n2)cc1. The van der Waals surface area contributed by atoms with Crippen LogP contribution in [0.3, 0.4) is 0 Å². The van der Waals surface area contributed by atoms with E-state index in [1.165, 1.54) is 18.4 Å². The molecule has 28 heavy (non-hydrogen) atoms. The third-order valence-electron chi connectivity index (χ3n) is 6.02. The molecule has 6 nitrogen and oxygen atoms in total. The summed E-state index contributed by atoms with van der Waals surface area (Å²) in [6, 6.07) is 11.2. The molecule has 2 unspecified atom stereocenters. The minimum Gasteiger partial charge on any atom is -0.349 e. The van der Waals surface area contributed by atoms with Gasteiger partial charge in [0.15, 0.2) is 0 Å². The number of aromatic nitrogens is 2. The quantitative estimate of drug-likeness (QED) is 0.731. The second-order valence-electron chi connectivity index (χ2n) is 8.15. The van der Waals surface area contributed by atoms with Crippen LogP contribution < -0.4 is 10.6 Å². The van der Waals surface area contributed by atoms with Gasteiger partial charge >= 0.3 is 0 Å². The molecule has 4 heterocycles. The molecule has 2 saturated heterocycles. The number of pyridine rings is 1. The van der Waals surface area contributed by atoms with Crippen LogP contribution in [0, 0.1) is 13.8 Å². The van der Waals surface area contributed by atoms with Crippen molar-refractivity contribution >= 4 is 17.0 Å². The Bertz CT molecular complexity index is 1030. The van der Waals surface area contributed by atoms with E-state index in [9.17, 15) is 4.79 Å². The van der Waals surface area contributed by atoms with E-state index >= 15 is 0 Å². The number of nitrogens with one attached hydrogen (secondary N) is 2. The lowest BCUT2D eigenvalue weighted by atomic mass is 9.98.